The first-order valence-electron chi connectivity index (χ1n) is 7.10. The molecule has 2 bridgehead atoms. The number of hydrogen-bond acceptors (Lipinski definition) is 3. The van der Waals surface area contributed by atoms with E-state index < -0.39 is 12.2 Å². The summed E-state index contributed by atoms with van der Waals surface area (Å²) in [5, 5.41) is 19.9. The minimum absolute atomic E-state index is 0.120. The molecular weight excluding hydrogens is 228 g/mol. The molecule has 2 fully saturated rings. The average molecular weight is 252 g/mol. The maximum atomic E-state index is 9.94. The second-order valence-corrected chi connectivity index (χ2v) is 7.20. The van der Waals surface area contributed by atoms with Crippen LogP contribution in [0.4, 0.5) is 0 Å². The number of rotatable bonds is 1. The van der Waals surface area contributed by atoms with Crippen molar-refractivity contribution in [3.05, 3.63) is 11.6 Å². The minimum atomic E-state index is -0.587. The van der Waals surface area contributed by atoms with E-state index in [4.69, 9.17) is 4.74 Å². The van der Waals surface area contributed by atoms with Crippen molar-refractivity contribution in [2.45, 2.75) is 63.9 Å². The summed E-state index contributed by atoms with van der Waals surface area (Å²) in [5.41, 5.74) is 1.21. The third-order valence-electron chi connectivity index (χ3n) is 4.64. The van der Waals surface area contributed by atoms with Gasteiger partial charge in [-0.2, -0.15) is 0 Å². The number of hydrogen-bond donors (Lipinski definition) is 2. The number of aliphatic hydroxyl groups excluding tert-OH is 2. The number of ether oxygens (including phenoxy) is 1. The zero-order chi connectivity index (χ0) is 13.1. The van der Waals surface area contributed by atoms with E-state index in [9.17, 15) is 10.2 Å². The molecule has 0 heterocycles. The lowest BCUT2D eigenvalue weighted by atomic mass is 9.85. The van der Waals surface area contributed by atoms with E-state index in [0.717, 1.165) is 12.8 Å². The third-order valence-corrected chi connectivity index (χ3v) is 4.64. The lowest BCUT2D eigenvalue weighted by molar-refractivity contribution is -0.0790. The van der Waals surface area contributed by atoms with Crippen molar-refractivity contribution in [1.29, 1.82) is 0 Å². The molecule has 0 saturated heterocycles. The summed E-state index contributed by atoms with van der Waals surface area (Å²) in [6, 6.07) is 0. The van der Waals surface area contributed by atoms with E-state index in [0.29, 0.717) is 24.2 Å². The molecule has 0 spiro atoms. The van der Waals surface area contributed by atoms with Crippen LogP contribution in [0.15, 0.2) is 11.6 Å². The molecule has 3 aliphatic carbocycles. The molecule has 3 heteroatoms. The summed E-state index contributed by atoms with van der Waals surface area (Å²) >= 11 is 0. The standard InChI is InChI=1S/C15H24O3/c1-15(2,3)18-14-10-4-8-6-11(16)12(17)7-9(5-10)13(8)14/h4,9-14,16-17H,5-7H2,1-3H3/t9?,10-,11+,12-,13+,14+/m0/s1. The van der Waals surface area contributed by atoms with Gasteiger partial charge in [-0.3, -0.25) is 0 Å². The maximum absolute atomic E-state index is 9.94. The van der Waals surface area contributed by atoms with E-state index >= 15 is 0 Å². The Morgan fingerprint density at radius 1 is 1.17 bits per heavy atom. The van der Waals surface area contributed by atoms with E-state index in [1.54, 1.807) is 0 Å². The third kappa shape index (κ3) is 2.02. The molecule has 0 aliphatic heterocycles. The molecule has 3 nitrogen and oxygen atoms in total. The highest BCUT2D eigenvalue weighted by atomic mass is 16.5. The molecule has 0 aromatic carbocycles. The van der Waals surface area contributed by atoms with Crippen LogP contribution in [0.3, 0.4) is 0 Å². The molecule has 0 amide bonds. The van der Waals surface area contributed by atoms with Gasteiger partial charge in [0.2, 0.25) is 0 Å². The molecule has 18 heavy (non-hydrogen) atoms. The van der Waals surface area contributed by atoms with Gasteiger partial charge in [0.1, 0.15) is 0 Å². The van der Waals surface area contributed by atoms with Gasteiger partial charge in [-0.15, -0.1) is 0 Å². The molecule has 0 aromatic heterocycles. The van der Waals surface area contributed by atoms with Crippen LogP contribution in [-0.4, -0.2) is 34.1 Å². The Morgan fingerprint density at radius 2 is 1.89 bits per heavy atom. The lowest BCUT2D eigenvalue weighted by Crippen LogP contribution is -2.32. The fourth-order valence-corrected chi connectivity index (χ4v) is 4.09. The Balaban J connectivity index is 1.83. The van der Waals surface area contributed by atoms with Crippen LogP contribution in [0.1, 0.15) is 40.0 Å². The zero-order valence-electron chi connectivity index (χ0n) is 11.5. The van der Waals surface area contributed by atoms with Gasteiger partial charge in [0, 0.05) is 11.8 Å². The van der Waals surface area contributed by atoms with E-state index in [1.165, 1.54) is 5.57 Å². The highest BCUT2D eigenvalue weighted by Gasteiger charge is 2.52. The highest BCUT2D eigenvalue weighted by molar-refractivity contribution is 5.28. The Morgan fingerprint density at radius 3 is 2.56 bits per heavy atom. The van der Waals surface area contributed by atoms with Crippen molar-refractivity contribution < 1.29 is 14.9 Å². The fourth-order valence-electron chi connectivity index (χ4n) is 4.09. The van der Waals surface area contributed by atoms with Gasteiger partial charge in [0.05, 0.1) is 23.9 Å². The SMILES string of the molecule is CC(C)(C)O[C@H]1[C@@H]2C3=C[C@H]1CC2C[C@H](O)[C@H](O)C3. The smallest absolute Gasteiger partial charge is 0.0836 e. The van der Waals surface area contributed by atoms with E-state index in [2.05, 4.69) is 26.8 Å². The molecule has 2 saturated carbocycles. The molecule has 0 radical (unpaired) electrons. The van der Waals surface area contributed by atoms with E-state index in [-0.39, 0.29) is 11.7 Å². The highest BCUT2D eigenvalue weighted by Crippen LogP contribution is 2.54. The van der Waals surface area contributed by atoms with Crippen molar-refractivity contribution in [2.75, 3.05) is 0 Å². The van der Waals surface area contributed by atoms with E-state index in [1.807, 2.05) is 0 Å². The van der Waals surface area contributed by atoms with Crippen molar-refractivity contribution in [3.63, 3.8) is 0 Å². The van der Waals surface area contributed by atoms with Crippen molar-refractivity contribution in [1.82, 2.24) is 0 Å². The van der Waals surface area contributed by atoms with Gasteiger partial charge in [-0.05, 0) is 46.0 Å². The Kier molecular flexibility index (Phi) is 2.85. The first kappa shape index (κ1) is 12.6. The predicted molar refractivity (Wildman–Crippen MR) is 69.0 cm³/mol. The second-order valence-electron chi connectivity index (χ2n) is 7.20. The normalized spacial score (nSPS) is 47.1. The largest absolute Gasteiger partial charge is 0.390 e. The predicted octanol–water partition coefficient (Wildman–Crippen LogP) is 1.88. The molecule has 3 aliphatic rings. The second kappa shape index (κ2) is 4.06. The topological polar surface area (TPSA) is 49.7 Å². The quantitative estimate of drug-likeness (QED) is 0.701. The van der Waals surface area contributed by atoms with Crippen LogP contribution in [0.25, 0.3) is 0 Å². The molecule has 102 valence electrons. The van der Waals surface area contributed by atoms with Crippen LogP contribution in [-0.2, 0) is 4.74 Å². The van der Waals surface area contributed by atoms with Gasteiger partial charge >= 0.3 is 0 Å². The molecular formula is C15H24O3. The van der Waals surface area contributed by atoms with Gasteiger partial charge in [0.25, 0.3) is 0 Å². The zero-order valence-corrected chi connectivity index (χ0v) is 11.5. The Hall–Kier alpha value is -0.380. The molecule has 0 aromatic rings. The number of aliphatic hydroxyl groups is 2. The monoisotopic (exact) mass is 252 g/mol. The number of fused-ring (bicyclic) bond motifs is 1. The van der Waals surface area contributed by atoms with Crippen LogP contribution < -0.4 is 0 Å². The van der Waals surface area contributed by atoms with Crippen LogP contribution in [0, 0.1) is 17.8 Å². The first-order chi connectivity index (χ1) is 8.35. The summed E-state index contributed by atoms with van der Waals surface area (Å²) in [6.07, 6.45) is 3.89. The first-order valence-corrected chi connectivity index (χ1v) is 7.10. The Bertz CT molecular complexity index is 368. The fraction of sp³-hybridized carbons (Fsp3) is 0.867. The average Bonchev–Trinajstić information content (AvgIpc) is 2.66. The summed E-state index contributed by atoms with van der Waals surface area (Å²) in [7, 11) is 0. The van der Waals surface area contributed by atoms with Crippen LogP contribution >= 0.6 is 0 Å². The lowest BCUT2D eigenvalue weighted by Gasteiger charge is -2.29. The van der Waals surface area contributed by atoms with Gasteiger partial charge in [-0.1, -0.05) is 11.6 Å². The van der Waals surface area contributed by atoms with Gasteiger partial charge in [-0.25, -0.2) is 0 Å². The minimum Gasteiger partial charge on any atom is -0.390 e. The maximum Gasteiger partial charge on any atom is 0.0836 e. The van der Waals surface area contributed by atoms with Crippen molar-refractivity contribution in [3.8, 4) is 0 Å². The summed E-state index contributed by atoms with van der Waals surface area (Å²) in [6.45, 7) is 6.30. The molecule has 1 unspecified atom stereocenters. The molecule has 6 atom stereocenters. The summed E-state index contributed by atoms with van der Waals surface area (Å²) < 4.78 is 6.23. The summed E-state index contributed by atoms with van der Waals surface area (Å²) in [5.74, 6) is 1.42. The Labute approximate surface area is 109 Å². The van der Waals surface area contributed by atoms with Crippen LogP contribution in [0.5, 0.6) is 0 Å². The van der Waals surface area contributed by atoms with Gasteiger partial charge < -0.3 is 14.9 Å². The molecule has 2 N–H and O–H groups in total. The summed E-state index contributed by atoms with van der Waals surface area (Å²) in [4.78, 5) is 0. The van der Waals surface area contributed by atoms with Crippen molar-refractivity contribution in [2.24, 2.45) is 17.8 Å². The van der Waals surface area contributed by atoms with Gasteiger partial charge in [0.15, 0.2) is 0 Å². The molecule has 3 rings (SSSR count). The van der Waals surface area contributed by atoms with Crippen LogP contribution in [0.2, 0.25) is 0 Å². The van der Waals surface area contributed by atoms with Crippen molar-refractivity contribution >= 4 is 0 Å².